The summed E-state index contributed by atoms with van der Waals surface area (Å²) in [5.74, 6) is 1.13. The number of furan rings is 1. The maximum Gasteiger partial charge on any atom is 0.287 e. The van der Waals surface area contributed by atoms with Crippen LogP contribution in [0.4, 0.5) is 0 Å². The number of benzene rings is 1. The van der Waals surface area contributed by atoms with Gasteiger partial charge in [0.2, 0.25) is 0 Å². The number of fused-ring (bicyclic) bond motifs is 1. The van der Waals surface area contributed by atoms with Gasteiger partial charge in [0.15, 0.2) is 5.76 Å². The molecule has 1 aliphatic rings. The molecule has 4 heteroatoms. The summed E-state index contributed by atoms with van der Waals surface area (Å²) in [7, 11) is 0. The molecular weight excluding hydrogens is 288 g/mol. The molecule has 122 valence electrons. The van der Waals surface area contributed by atoms with Crippen LogP contribution in [0.3, 0.4) is 0 Å². The summed E-state index contributed by atoms with van der Waals surface area (Å²) in [6.45, 7) is 6.93. The summed E-state index contributed by atoms with van der Waals surface area (Å²) in [5.41, 5.74) is 2.67. The first kappa shape index (κ1) is 15.8. The first-order chi connectivity index (χ1) is 11.2. The highest BCUT2D eigenvalue weighted by Crippen LogP contribution is 2.22. The number of amides is 1. The van der Waals surface area contributed by atoms with Crippen molar-refractivity contribution in [1.29, 1.82) is 0 Å². The van der Waals surface area contributed by atoms with Crippen molar-refractivity contribution in [3.63, 3.8) is 0 Å². The molecule has 1 amide bonds. The van der Waals surface area contributed by atoms with Crippen molar-refractivity contribution >= 4 is 5.91 Å². The van der Waals surface area contributed by atoms with Crippen LogP contribution in [-0.4, -0.2) is 29.9 Å². The zero-order valence-electron chi connectivity index (χ0n) is 13.8. The van der Waals surface area contributed by atoms with Gasteiger partial charge in [0, 0.05) is 6.04 Å². The maximum absolute atomic E-state index is 12.4. The van der Waals surface area contributed by atoms with Crippen LogP contribution in [0.2, 0.25) is 0 Å². The van der Waals surface area contributed by atoms with Gasteiger partial charge in [-0.1, -0.05) is 38.1 Å². The molecule has 1 aliphatic carbocycles. The number of carbonyl (C=O) groups excluding carboxylic acids is 1. The van der Waals surface area contributed by atoms with Gasteiger partial charge in [0.05, 0.1) is 6.54 Å². The van der Waals surface area contributed by atoms with Crippen LogP contribution in [0, 0.1) is 0 Å². The molecule has 3 rings (SSSR count). The van der Waals surface area contributed by atoms with Gasteiger partial charge in [0.25, 0.3) is 5.91 Å². The first-order valence-corrected chi connectivity index (χ1v) is 8.38. The first-order valence-electron chi connectivity index (χ1n) is 8.38. The van der Waals surface area contributed by atoms with Crippen LogP contribution < -0.4 is 5.32 Å². The molecule has 2 aromatic rings. The van der Waals surface area contributed by atoms with Crippen LogP contribution >= 0.6 is 0 Å². The normalized spacial score (nSPS) is 14.2. The van der Waals surface area contributed by atoms with Gasteiger partial charge in [-0.2, -0.15) is 0 Å². The second kappa shape index (κ2) is 7.01. The minimum atomic E-state index is -0.117. The highest BCUT2D eigenvalue weighted by atomic mass is 16.4. The summed E-state index contributed by atoms with van der Waals surface area (Å²) in [5, 5.41) is 3.09. The number of hydrogen-bond donors (Lipinski definition) is 1. The summed E-state index contributed by atoms with van der Waals surface area (Å²) in [4.78, 5) is 14.6. The minimum absolute atomic E-state index is 0.117. The van der Waals surface area contributed by atoms with Gasteiger partial charge in [0.1, 0.15) is 5.76 Å². The summed E-state index contributed by atoms with van der Waals surface area (Å²) in [6, 6.07) is 12.2. The lowest BCUT2D eigenvalue weighted by Gasteiger charge is -2.15. The topological polar surface area (TPSA) is 45.5 Å². The van der Waals surface area contributed by atoms with E-state index in [4.69, 9.17) is 4.42 Å². The molecule has 4 nitrogen and oxygen atoms in total. The molecule has 0 unspecified atom stereocenters. The fourth-order valence-electron chi connectivity index (χ4n) is 3.17. The Balaban J connectivity index is 1.58. The van der Waals surface area contributed by atoms with E-state index in [1.165, 1.54) is 11.1 Å². The van der Waals surface area contributed by atoms with E-state index in [1.807, 2.05) is 6.07 Å². The van der Waals surface area contributed by atoms with Crippen molar-refractivity contribution < 1.29 is 9.21 Å². The summed E-state index contributed by atoms with van der Waals surface area (Å²) >= 11 is 0. The smallest absolute Gasteiger partial charge is 0.287 e. The highest BCUT2D eigenvalue weighted by Gasteiger charge is 2.24. The van der Waals surface area contributed by atoms with Gasteiger partial charge in [-0.3, -0.25) is 9.69 Å². The molecule has 0 saturated carbocycles. The number of nitrogens with zero attached hydrogens (tertiary/aromatic N) is 1. The fourth-order valence-corrected chi connectivity index (χ4v) is 3.17. The lowest BCUT2D eigenvalue weighted by Crippen LogP contribution is -2.35. The third-order valence-corrected chi connectivity index (χ3v) is 4.55. The predicted octanol–water partition coefficient (Wildman–Crippen LogP) is 3.02. The molecular formula is C19H24N2O2. The number of nitrogens with one attached hydrogen (secondary N) is 1. The van der Waals surface area contributed by atoms with E-state index >= 15 is 0 Å². The van der Waals surface area contributed by atoms with Crippen molar-refractivity contribution in [3.8, 4) is 0 Å². The number of carbonyl (C=O) groups is 1. The van der Waals surface area contributed by atoms with Gasteiger partial charge < -0.3 is 9.73 Å². The van der Waals surface area contributed by atoms with E-state index < -0.39 is 0 Å². The third-order valence-electron chi connectivity index (χ3n) is 4.55. The van der Waals surface area contributed by atoms with E-state index in [-0.39, 0.29) is 11.9 Å². The van der Waals surface area contributed by atoms with E-state index in [0.717, 1.165) is 38.2 Å². The van der Waals surface area contributed by atoms with Gasteiger partial charge in [-0.25, -0.2) is 0 Å². The third kappa shape index (κ3) is 3.64. The van der Waals surface area contributed by atoms with Crippen LogP contribution in [0.25, 0.3) is 0 Å². The van der Waals surface area contributed by atoms with Crippen LogP contribution in [0.1, 0.15) is 41.3 Å². The van der Waals surface area contributed by atoms with Crippen LogP contribution in [-0.2, 0) is 19.4 Å². The monoisotopic (exact) mass is 312 g/mol. The Labute approximate surface area is 137 Å². The molecule has 0 saturated heterocycles. The van der Waals surface area contributed by atoms with Gasteiger partial charge in [-0.05, 0) is 49.2 Å². The molecule has 0 spiro atoms. The van der Waals surface area contributed by atoms with E-state index in [9.17, 15) is 4.79 Å². The summed E-state index contributed by atoms with van der Waals surface area (Å²) < 4.78 is 5.71. The zero-order chi connectivity index (χ0) is 16.2. The predicted molar refractivity (Wildman–Crippen MR) is 90.4 cm³/mol. The van der Waals surface area contributed by atoms with Crippen molar-refractivity contribution in [1.82, 2.24) is 10.2 Å². The standard InChI is InChI=1S/C19H24N2O2/c1-3-21(4-2)13-17-9-10-18(23-17)19(22)20-16-11-14-7-5-6-8-15(14)12-16/h5-10,16H,3-4,11-13H2,1-2H3,(H,20,22). The highest BCUT2D eigenvalue weighted by molar-refractivity contribution is 5.91. The minimum Gasteiger partial charge on any atom is -0.455 e. The number of hydrogen-bond acceptors (Lipinski definition) is 3. The lowest BCUT2D eigenvalue weighted by molar-refractivity contribution is 0.0907. The molecule has 1 aromatic heterocycles. The van der Waals surface area contributed by atoms with Crippen molar-refractivity contribution in [2.24, 2.45) is 0 Å². The molecule has 23 heavy (non-hydrogen) atoms. The van der Waals surface area contributed by atoms with Crippen molar-refractivity contribution in [2.45, 2.75) is 39.3 Å². The fraction of sp³-hybridized carbons (Fsp3) is 0.421. The molecule has 1 N–H and O–H groups in total. The Morgan fingerprint density at radius 2 is 1.78 bits per heavy atom. The second-order valence-corrected chi connectivity index (χ2v) is 6.07. The largest absolute Gasteiger partial charge is 0.455 e. The Morgan fingerprint density at radius 1 is 1.13 bits per heavy atom. The average molecular weight is 312 g/mol. The molecule has 0 atom stereocenters. The van der Waals surface area contributed by atoms with E-state index in [2.05, 4.69) is 48.3 Å². The molecule has 0 aliphatic heterocycles. The Kier molecular flexibility index (Phi) is 4.82. The van der Waals surface area contributed by atoms with Crippen molar-refractivity contribution in [2.75, 3.05) is 13.1 Å². The lowest BCUT2D eigenvalue weighted by atomic mass is 10.1. The molecule has 1 heterocycles. The molecule has 1 aromatic carbocycles. The van der Waals surface area contributed by atoms with Gasteiger partial charge in [-0.15, -0.1) is 0 Å². The zero-order valence-corrected chi connectivity index (χ0v) is 13.8. The Morgan fingerprint density at radius 3 is 2.39 bits per heavy atom. The van der Waals surface area contributed by atoms with Crippen molar-refractivity contribution in [3.05, 3.63) is 59.0 Å². The maximum atomic E-state index is 12.4. The average Bonchev–Trinajstić information content (AvgIpc) is 3.18. The SMILES string of the molecule is CCN(CC)Cc1ccc(C(=O)NC2Cc3ccccc3C2)o1. The Hall–Kier alpha value is -2.07. The van der Waals surface area contributed by atoms with E-state index in [0.29, 0.717) is 5.76 Å². The quantitative estimate of drug-likeness (QED) is 0.892. The second-order valence-electron chi connectivity index (χ2n) is 6.07. The van der Waals surface area contributed by atoms with E-state index in [1.54, 1.807) is 6.07 Å². The van der Waals surface area contributed by atoms with Crippen LogP contribution in [0.15, 0.2) is 40.8 Å². The summed E-state index contributed by atoms with van der Waals surface area (Å²) in [6.07, 6.45) is 1.80. The molecule has 0 radical (unpaired) electrons. The number of rotatable bonds is 6. The molecule has 0 bridgehead atoms. The van der Waals surface area contributed by atoms with Gasteiger partial charge >= 0.3 is 0 Å². The Bertz CT molecular complexity index is 649. The molecule has 0 fully saturated rings. The van der Waals surface area contributed by atoms with Crippen LogP contribution in [0.5, 0.6) is 0 Å².